The second-order valence-electron chi connectivity index (χ2n) is 23.8. The summed E-state index contributed by atoms with van der Waals surface area (Å²) < 4.78 is 23.8. The first-order valence-electron chi connectivity index (χ1n) is 33.0. The molecule has 0 spiro atoms. The van der Waals surface area contributed by atoms with Crippen molar-refractivity contribution in [2.24, 2.45) is 0 Å². The van der Waals surface area contributed by atoms with Crippen LogP contribution in [0.25, 0.3) is 0 Å². The van der Waals surface area contributed by atoms with Gasteiger partial charge < -0.3 is 19.8 Å². The number of nitrogens with one attached hydrogen (secondary N) is 1. The maximum Gasteiger partial charge on any atom is 0.472 e. The molecule has 0 rings (SSSR count). The molecule has 0 bridgehead atoms. The number of hydrogen-bond acceptors (Lipinski definition) is 5. The number of phosphoric acid groups is 1. The molecule has 0 fully saturated rings. The maximum absolute atomic E-state index is 13.0. The fourth-order valence-corrected chi connectivity index (χ4v) is 10.6. The van der Waals surface area contributed by atoms with Gasteiger partial charge in [0.25, 0.3) is 0 Å². The minimum absolute atomic E-state index is 0.0564. The first kappa shape index (κ1) is 74.5. The summed E-state index contributed by atoms with van der Waals surface area (Å²) in [7, 11) is 1.56. The van der Waals surface area contributed by atoms with Crippen LogP contribution >= 0.6 is 7.82 Å². The molecule has 0 aliphatic rings. The molecule has 1 amide bonds. The van der Waals surface area contributed by atoms with E-state index in [0.717, 1.165) is 44.9 Å². The fourth-order valence-electron chi connectivity index (χ4n) is 9.86. The molecule has 3 unspecified atom stereocenters. The van der Waals surface area contributed by atoms with Crippen molar-refractivity contribution in [2.45, 2.75) is 334 Å². The Morgan fingerprint density at radius 2 is 0.763 bits per heavy atom. The van der Waals surface area contributed by atoms with Crippen molar-refractivity contribution in [3.63, 3.8) is 0 Å². The number of allylic oxidation sites excluding steroid dienone is 7. The lowest BCUT2D eigenvalue weighted by atomic mass is 10.0. The van der Waals surface area contributed by atoms with E-state index < -0.39 is 20.0 Å². The summed E-state index contributed by atoms with van der Waals surface area (Å²) in [4.78, 5) is 23.4. The lowest BCUT2D eigenvalue weighted by Gasteiger charge is -2.25. The summed E-state index contributed by atoms with van der Waals surface area (Å²) in [6.45, 7) is 4.84. The van der Waals surface area contributed by atoms with Crippen LogP contribution in [0.15, 0.2) is 48.6 Å². The van der Waals surface area contributed by atoms with Crippen LogP contribution in [0.2, 0.25) is 0 Å². The number of carbonyl (C=O) groups excluding carboxylic acids is 1. The van der Waals surface area contributed by atoms with Gasteiger partial charge in [0.15, 0.2) is 0 Å². The number of unbranched alkanes of at least 4 members (excludes halogenated alkanes) is 42. The first-order chi connectivity index (χ1) is 37.0. The second kappa shape index (κ2) is 58.1. The zero-order valence-corrected chi connectivity index (χ0v) is 52.2. The smallest absolute Gasteiger partial charge is 0.387 e. The Bertz CT molecular complexity index is 1380. The molecule has 0 aromatic heterocycles. The molecule has 0 radical (unpaired) electrons. The summed E-state index contributed by atoms with van der Waals surface area (Å²) in [6.07, 6.45) is 78.2. The number of hydrogen-bond donors (Lipinski definition) is 3. The summed E-state index contributed by atoms with van der Waals surface area (Å²) in [6, 6.07) is -0.865. The van der Waals surface area contributed by atoms with Gasteiger partial charge in [0.1, 0.15) is 13.2 Å². The summed E-state index contributed by atoms with van der Waals surface area (Å²) in [5.41, 5.74) is 0. The standard InChI is InChI=1S/C67H129N2O6P/c1-6-8-10-12-14-16-18-20-22-24-26-28-30-31-32-33-34-35-36-37-39-41-43-45-47-49-51-53-55-57-59-61-67(71)68-65(64-75-76(72,73)74-63-62-69(3,4)5)66(70)60-58-56-54-52-50-48-46-44-42-40-38-29-27-25-23-21-19-17-15-13-11-9-7-2/h26,28,31-32,50,52,58,60,65-66,70H,6-25,27,29-30,33-49,51,53-57,59,61-64H2,1-5H3,(H-,68,71,72,73)/p+1/b28-26-,32-31-,52-50+,60-58+. The zero-order chi connectivity index (χ0) is 55.6. The normalized spacial score (nSPS) is 14.0. The Hall–Kier alpha value is -1.54. The number of amides is 1. The highest BCUT2D eigenvalue weighted by Gasteiger charge is 2.28. The van der Waals surface area contributed by atoms with Gasteiger partial charge in [0.2, 0.25) is 5.91 Å². The summed E-state index contributed by atoms with van der Waals surface area (Å²) >= 11 is 0. The van der Waals surface area contributed by atoms with Gasteiger partial charge in [-0.15, -0.1) is 0 Å². The monoisotopic (exact) mass is 1090 g/mol. The molecule has 9 heteroatoms. The zero-order valence-electron chi connectivity index (χ0n) is 51.3. The fraction of sp³-hybridized carbons (Fsp3) is 0.866. The highest BCUT2D eigenvalue weighted by Crippen LogP contribution is 2.43. The van der Waals surface area contributed by atoms with Gasteiger partial charge in [-0.1, -0.05) is 300 Å². The Kier molecular flexibility index (Phi) is 56.9. The van der Waals surface area contributed by atoms with Gasteiger partial charge in [-0.2, -0.15) is 0 Å². The predicted octanol–water partition coefficient (Wildman–Crippen LogP) is 20.7. The van der Waals surface area contributed by atoms with Crippen molar-refractivity contribution in [3.8, 4) is 0 Å². The number of likely N-dealkylation sites (N-methyl/N-ethyl adjacent to an activating group) is 1. The number of aliphatic hydroxyl groups excluding tert-OH is 1. The van der Waals surface area contributed by atoms with Crippen LogP contribution < -0.4 is 5.32 Å². The Balaban J connectivity index is 4.12. The van der Waals surface area contributed by atoms with Gasteiger partial charge >= 0.3 is 7.82 Å². The van der Waals surface area contributed by atoms with E-state index in [2.05, 4.69) is 55.6 Å². The number of quaternary nitrogens is 1. The molecule has 0 aliphatic carbocycles. The van der Waals surface area contributed by atoms with Crippen LogP contribution in [0.4, 0.5) is 0 Å². The molecule has 3 atom stereocenters. The van der Waals surface area contributed by atoms with Crippen LogP contribution in [0, 0.1) is 0 Å². The number of nitrogens with zero attached hydrogens (tertiary/aromatic N) is 1. The molecule has 0 aliphatic heterocycles. The van der Waals surface area contributed by atoms with E-state index in [1.54, 1.807) is 6.08 Å². The Labute approximate surface area is 473 Å². The maximum atomic E-state index is 13.0. The SMILES string of the molecule is CCCCCCCCCCC/C=C\C/C=C\CCCCCCCCCCCCCCCCCC(=O)NC(COP(=O)(O)OCC[N+](C)(C)C)C(O)/C=C/CC/C=C/CCCCCCCCCCCCCCCCCCC. The van der Waals surface area contributed by atoms with E-state index in [-0.39, 0.29) is 19.1 Å². The minimum Gasteiger partial charge on any atom is -0.387 e. The minimum atomic E-state index is -4.36. The van der Waals surface area contributed by atoms with Crippen molar-refractivity contribution >= 4 is 13.7 Å². The van der Waals surface area contributed by atoms with Gasteiger partial charge in [-0.05, 0) is 64.2 Å². The molecule has 0 saturated heterocycles. The summed E-state index contributed by atoms with van der Waals surface area (Å²) in [5.74, 6) is -0.183. The quantitative estimate of drug-likeness (QED) is 0.0243. The van der Waals surface area contributed by atoms with Crippen LogP contribution in [0.1, 0.15) is 322 Å². The highest BCUT2D eigenvalue weighted by molar-refractivity contribution is 7.47. The first-order valence-corrected chi connectivity index (χ1v) is 34.5. The van der Waals surface area contributed by atoms with Crippen molar-refractivity contribution < 1.29 is 32.9 Å². The molecule has 3 N–H and O–H groups in total. The van der Waals surface area contributed by atoms with Gasteiger partial charge in [-0.25, -0.2) is 4.57 Å². The molecule has 0 aromatic carbocycles. The van der Waals surface area contributed by atoms with Crippen molar-refractivity contribution in [1.82, 2.24) is 5.32 Å². The Morgan fingerprint density at radius 3 is 1.13 bits per heavy atom. The molecule has 0 saturated carbocycles. The largest absolute Gasteiger partial charge is 0.472 e. The average molecular weight is 1090 g/mol. The van der Waals surface area contributed by atoms with Gasteiger partial charge in [0, 0.05) is 6.42 Å². The van der Waals surface area contributed by atoms with E-state index in [1.165, 1.54) is 257 Å². The number of rotatable bonds is 61. The van der Waals surface area contributed by atoms with Crippen LogP contribution in [0.5, 0.6) is 0 Å². The number of aliphatic hydroxyl groups is 1. The molecule has 448 valence electrons. The van der Waals surface area contributed by atoms with E-state index in [0.29, 0.717) is 17.4 Å². The number of phosphoric ester groups is 1. The molecule has 0 heterocycles. The van der Waals surface area contributed by atoms with E-state index in [1.807, 2.05) is 27.2 Å². The highest BCUT2D eigenvalue weighted by atomic mass is 31.2. The van der Waals surface area contributed by atoms with Crippen LogP contribution in [0.3, 0.4) is 0 Å². The summed E-state index contributed by atoms with van der Waals surface area (Å²) in [5, 5.41) is 14.0. The average Bonchev–Trinajstić information content (AvgIpc) is 3.38. The molecular weight excluding hydrogens is 960 g/mol. The predicted molar refractivity (Wildman–Crippen MR) is 332 cm³/mol. The topological polar surface area (TPSA) is 105 Å². The van der Waals surface area contributed by atoms with E-state index in [4.69, 9.17) is 9.05 Å². The van der Waals surface area contributed by atoms with Gasteiger partial charge in [-0.3, -0.25) is 13.8 Å². The molecule has 0 aromatic rings. The second-order valence-corrected chi connectivity index (χ2v) is 25.3. The third kappa shape index (κ3) is 60.1. The third-order valence-corrected chi connectivity index (χ3v) is 16.0. The van der Waals surface area contributed by atoms with Crippen molar-refractivity contribution in [3.05, 3.63) is 48.6 Å². The number of carbonyl (C=O) groups is 1. The third-order valence-electron chi connectivity index (χ3n) is 15.0. The van der Waals surface area contributed by atoms with Crippen molar-refractivity contribution in [2.75, 3.05) is 40.9 Å². The Morgan fingerprint density at radius 1 is 0.447 bits per heavy atom. The molecule has 8 nitrogen and oxygen atoms in total. The molecule has 76 heavy (non-hydrogen) atoms. The van der Waals surface area contributed by atoms with Crippen LogP contribution in [-0.4, -0.2) is 73.4 Å². The van der Waals surface area contributed by atoms with E-state index in [9.17, 15) is 19.4 Å². The lowest BCUT2D eigenvalue weighted by molar-refractivity contribution is -0.870. The van der Waals surface area contributed by atoms with Crippen LogP contribution in [-0.2, 0) is 18.4 Å². The lowest BCUT2D eigenvalue weighted by Crippen LogP contribution is -2.45. The molecular formula is C67H130N2O6P+. The van der Waals surface area contributed by atoms with Gasteiger partial charge in [0.05, 0.1) is 39.9 Å². The van der Waals surface area contributed by atoms with E-state index >= 15 is 0 Å². The van der Waals surface area contributed by atoms with Crippen molar-refractivity contribution in [1.29, 1.82) is 0 Å².